The number of rotatable bonds is 5. The van der Waals surface area contributed by atoms with Gasteiger partial charge in [-0.1, -0.05) is 29.8 Å². The molecule has 0 spiro atoms. The number of amides is 2. The van der Waals surface area contributed by atoms with Crippen molar-refractivity contribution in [3.05, 3.63) is 77.6 Å². The van der Waals surface area contributed by atoms with E-state index in [0.717, 1.165) is 5.56 Å². The van der Waals surface area contributed by atoms with E-state index in [4.69, 9.17) is 0 Å². The predicted octanol–water partition coefficient (Wildman–Crippen LogP) is 2.35. The molecular weight excluding hydrogens is 396 g/mol. The number of ether oxygens (including phenoxy) is 1. The van der Waals surface area contributed by atoms with E-state index in [1.54, 1.807) is 36.7 Å². The van der Waals surface area contributed by atoms with Gasteiger partial charge >= 0.3 is 5.97 Å². The number of anilines is 1. The lowest BCUT2D eigenvalue weighted by Crippen LogP contribution is -2.49. The van der Waals surface area contributed by atoms with Crippen LogP contribution in [-0.4, -0.2) is 47.4 Å². The first-order valence-electron chi connectivity index (χ1n) is 10.0. The Morgan fingerprint density at radius 1 is 1.10 bits per heavy atom. The van der Waals surface area contributed by atoms with Gasteiger partial charge in [-0.05, 0) is 43.2 Å². The zero-order valence-electron chi connectivity index (χ0n) is 17.4. The summed E-state index contributed by atoms with van der Waals surface area (Å²) >= 11 is 0. The van der Waals surface area contributed by atoms with Crippen LogP contribution >= 0.6 is 0 Å². The first-order chi connectivity index (χ1) is 14.9. The van der Waals surface area contributed by atoms with Gasteiger partial charge < -0.3 is 20.0 Å². The number of benzene rings is 2. The Morgan fingerprint density at radius 3 is 2.48 bits per heavy atom. The molecule has 2 heterocycles. The molecule has 0 radical (unpaired) electrons. The topological polar surface area (TPSA) is 91.0 Å². The number of aryl methyl sites for hydroxylation is 1. The third kappa shape index (κ3) is 4.44. The predicted molar refractivity (Wildman–Crippen MR) is 115 cm³/mol. The molecule has 31 heavy (non-hydrogen) atoms. The van der Waals surface area contributed by atoms with Gasteiger partial charge in [-0.2, -0.15) is 0 Å². The van der Waals surface area contributed by atoms with E-state index in [9.17, 15) is 14.4 Å². The lowest BCUT2D eigenvalue weighted by molar-refractivity contribution is -0.137. The van der Waals surface area contributed by atoms with Crippen LogP contribution in [0.25, 0.3) is 0 Å². The second kappa shape index (κ2) is 8.61. The van der Waals surface area contributed by atoms with E-state index in [0.29, 0.717) is 17.7 Å². The number of hydrogen-bond donors (Lipinski definition) is 2. The van der Waals surface area contributed by atoms with E-state index in [1.807, 2.05) is 11.9 Å². The van der Waals surface area contributed by atoms with Crippen LogP contribution in [-0.2, 0) is 14.3 Å². The standard InChI is InChI=1S/C23H24N4O4/c1-15-3-5-16(6-4-15)19-13-20-22(29)26(11-12-27(20)25-19)14-21(28)24-18-9-7-17(8-10-18)23(30)31-2/h3-12,19-20,25H,13-14H2,1-2H3,(H,24,28). The van der Waals surface area contributed by atoms with Crippen molar-refractivity contribution >= 4 is 23.5 Å². The molecule has 1 saturated heterocycles. The Bertz CT molecular complexity index is 1020. The first kappa shape index (κ1) is 20.6. The Balaban J connectivity index is 1.36. The molecule has 2 aliphatic rings. The molecule has 4 rings (SSSR count). The summed E-state index contributed by atoms with van der Waals surface area (Å²) in [6, 6.07) is 14.3. The molecule has 0 aromatic heterocycles. The minimum absolute atomic E-state index is 0.0429. The summed E-state index contributed by atoms with van der Waals surface area (Å²) in [6.07, 6.45) is 4.03. The number of nitrogens with one attached hydrogen (secondary N) is 2. The van der Waals surface area contributed by atoms with Crippen LogP contribution in [0.15, 0.2) is 60.9 Å². The number of esters is 1. The van der Waals surface area contributed by atoms with E-state index < -0.39 is 5.97 Å². The molecule has 1 fully saturated rings. The molecular formula is C23H24N4O4. The summed E-state index contributed by atoms with van der Waals surface area (Å²) in [6.45, 7) is 1.95. The van der Waals surface area contributed by atoms with Crippen molar-refractivity contribution in [1.82, 2.24) is 15.3 Å². The zero-order chi connectivity index (χ0) is 22.0. The quantitative estimate of drug-likeness (QED) is 0.722. The van der Waals surface area contributed by atoms with Crippen molar-refractivity contribution in [2.75, 3.05) is 19.0 Å². The highest BCUT2D eigenvalue weighted by atomic mass is 16.5. The van der Waals surface area contributed by atoms with Crippen molar-refractivity contribution in [2.24, 2.45) is 0 Å². The van der Waals surface area contributed by atoms with Crippen LogP contribution < -0.4 is 10.7 Å². The lowest BCUT2D eigenvalue weighted by Gasteiger charge is -2.31. The highest BCUT2D eigenvalue weighted by Crippen LogP contribution is 2.30. The normalized spacial score (nSPS) is 19.9. The van der Waals surface area contributed by atoms with Crippen molar-refractivity contribution < 1.29 is 19.1 Å². The third-order valence-electron chi connectivity index (χ3n) is 5.46. The average molecular weight is 420 g/mol. The smallest absolute Gasteiger partial charge is 0.337 e. The molecule has 2 amide bonds. The van der Waals surface area contributed by atoms with Gasteiger partial charge in [0.1, 0.15) is 12.6 Å². The van der Waals surface area contributed by atoms with Crippen LogP contribution in [0, 0.1) is 6.92 Å². The Morgan fingerprint density at radius 2 is 1.81 bits per heavy atom. The molecule has 0 bridgehead atoms. The summed E-state index contributed by atoms with van der Waals surface area (Å²) < 4.78 is 4.66. The fraction of sp³-hybridized carbons (Fsp3) is 0.261. The summed E-state index contributed by atoms with van der Waals surface area (Å²) in [5.41, 5.74) is 6.60. The molecule has 8 nitrogen and oxygen atoms in total. The molecule has 160 valence electrons. The fourth-order valence-electron chi connectivity index (χ4n) is 3.75. The maximum absolute atomic E-state index is 12.9. The number of methoxy groups -OCH3 is 1. The number of carbonyl (C=O) groups is 3. The molecule has 2 aromatic rings. The molecule has 2 aliphatic heterocycles. The van der Waals surface area contributed by atoms with Gasteiger partial charge in [0.2, 0.25) is 5.91 Å². The van der Waals surface area contributed by atoms with Crippen LogP contribution in [0.5, 0.6) is 0 Å². The minimum atomic E-state index is -0.444. The highest BCUT2D eigenvalue weighted by molar-refractivity contribution is 5.96. The Labute approximate surface area is 180 Å². The van der Waals surface area contributed by atoms with E-state index in [1.165, 1.54) is 17.6 Å². The van der Waals surface area contributed by atoms with Gasteiger partial charge in [0.05, 0.1) is 18.7 Å². The second-order valence-electron chi connectivity index (χ2n) is 7.63. The molecule has 2 atom stereocenters. The van der Waals surface area contributed by atoms with Crippen molar-refractivity contribution in [3.63, 3.8) is 0 Å². The fourth-order valence-corrected chi connectivity index (χ4v) is 3.75. The molecule has 8 heteroatoms. The summed E-state index contributed by atoms with van der Waals surface area (Å²) in [5.74, 6) is -0.889. The number of carbonyl (C=O) groups excluding carboxylic acids is 3. The average Bonchev–Trinajstić information content (AvgIpc) is 3.21. The number of nitrogens with zero attached hydrogens (tertiary/aromatic N) is 2. The maximum Gasteiger partial charge on any atom is 0.337 e. The molecule has 0 saturated carbocycles. The SMILES string of the molecule is COC(=O)c1ccc(NC(=O)CN2C=CN3NC(c4ccc(C)cc4)CC3C2=O)cc1. The Hall–Kier alpha value is -3.65. The van der Waals surface area contributed by atoms with Gasteiger partial charge in [-0.15, -0.1) is 0 Å². The Kier molecular flexibility index (Phi) is 5.73. The van der Waals surface area contributed by atoms with Gasteiger partial charge in [-0.25, -0.2) is 10.2 Å². The number of hydrogen-bond acceptors (Lipinski definition) is 6. The largest absolute Gasteiger partial charge is 0.465 e. The van der Waals surface area contributed by atoms with E-state index in [-0.39, 0.29) is 30.4 Å². The zero-order valence-corrected chi connectivity index (χ0v) is 17.4. The minimum Gasteiger partial charge on any atom is -0.465 e. The number of fused-ring (bicyclic) bond motifs is 1. The summed E-state index contributed by atoms with van der Waals surface area (Å²) in [4.78, 5) is 38.3. The summed E-state index contributed by atoms with van der Waals surface area (Å²) in [7, 11) is 1.31. The second-order valence-corrected chi connectivity index (χ2v) is 7.63. The van der Waals surface area contributed by atoms with Crippen LogP contribution in [0.1, 0.15) is 33.9 Å². The van der Waals surface area contributed by atoms with E-state index >= 15 is 0 Å². The molecule has 0 aliphatic carbocycles. The number of hydrazine groups is 1. The molecule has 2 aromatic carbocycles. The highest BCUT2D eigenvalue weighted by Gasteiger charge is 2.40. The van der Waals surface area contributed by atoms with Gasteiger partial charge in [0.15, 0.2) is 0 Å². The molecule has 2 unspecified atom stereocenters. The van der Waals surface area contributed by atoms with E-state index in [2.05, 4.69) is 39.7 Å². The van der Waals surface area contributed by atoms with Crippen LogP contribution in [0.4, 0.5) is 5.69 Å². The van der Waals surface area contributed by atoms with Crippen molar-refractivity contribution in [2.45, 2.75) is 25.4 Å². The first-order valence-corrected chi connectivity index (χ1v) is 10.0. The van der Waals surface area contributed by atoms with Crippen molar-refractivity contribution in [1.29, 1.82) is 0 Å². The lowest BCUT2D eigenvalue weighted by atomic mass is 10.00. The van der Waals surface area contributed by atoms with Crippen LogP contribution in [0.3, 0.4) is 0 Å². The van der Waals surface area contributed by atoms with Gasteiger partial charge in [-0.3, -0.25) is 9.59 Å². The molecule has 2 N–H and O–H groups in total. The van der Waals surface area contributed by atoms with Gasteiger partial charge in [0.25, 0.3) is 5.91 Å². The van der Waals surface area contributed by atoms with Gasteiger partial charge in [0, 0.05) is 18.1 Å². The summed E-state index contributed by atoms with van der Waals surface area (Å²) in [5, 5.41) is 4.56. The third-order valence-corrected chi connectivity index (χ3v) is 5.46. The van der Waals surface area contributed by atoms with Crippen LogP contribution in [0.2, 0.25) is 0 Å². The monoisotopic (exact) mass is 420 g/mol. The van der Waals surface area contributed by atoms with Crippen molar-refractivity contribution in [3.8, 4) is 0 Å². The maximum atomic E-state index is 12.9.